The van der Waals surface area contributed by atoms with Crippen LogP contribution in [0.1, 0.15) is 0 Å². The standard InChI is InChI=1S/C42H24N2/c1-3-14-34-32(12-1)33-13-2-4-15-35(33)42-39(34)41-36(16-7-21-43-41)40(44-42)30-11-6-10-27(22-30)31-23-28-19-17-25-8-5-9-26-18-20-29(24-31)38(28)37(25)26/h1-24H. The average molecular weight is 557 g/mol. The van der Waals surface area contributed by atoms with E-state index in [0.717, 1.165) is 38.4 Å². The molecular weight excluding hydrogens is 532 g/mol. The van der Waals surface area contributed by atoms with Crippen molar-refractivity contribution < 1.29 is 0 Å². The summed E-state index contributed by atoms with van der Waals surface area (Å²) in [7, 11) is 0. The van der Waals surface area contributed by atoms with Gasteiger partial charge < -0.3 is 0 Å². The summed E-state index contributed by atoms with van der Waals surface area (Å²) in [5.41, 5.74) is 6.41. The Morgan fingerprint density at radius 2 is 0.932 bits per heavy atom. The van der Waals surface area contributed by atoms with Gasteiger partial charge in [0.2, 0.25) is 0 Å². The fourth-order valence-corrected chi connectivity index (χ4v) is 7.43. The summed E-state index contributed by atoms with van der Waals surface area (Å²) in [5.74, 6) is 0. The fraction of sp³-hybridized carbons (Fsp3) is 0. The Labute approximate surface area is 253 Å². The van der Waals surface area contributed by atoms with Gasteiger partial charge in [0.1, 0.15) is 0 Å². The number of aromatic nitrogens is 2. The van der Waals surface area contributed by atoms with Crippen molar-refractivity contribution in [2.24, 2.45) is 0 Å². The predicted octanol–water partition coefficient (Wildman–Crippen LogP) is 11.3. The molecule has 0 fully saturated rings. The van der Waals surface area contributed by atoms with Crippen molar-refractivity contribution >= 4 is 75.7 Å². The Balaban J connectivity index is 1.24. The first-order valence-corrected chi connectivity index (χ1v) is 15.1. The lowest BCUT2D eigenvalue weighted by Crippen LogP contribution is -1.94. The van der Waals surface area contributed by atoms with Gasteiger partial charge in [-0.1, -0.05) is 109 Å². The largest absolute Gasteiger partial charge is 0.255 e. The van der Waals surface area contributed by atoms with Crippen LogP contribution in [0, 0.1) is 0 Å². The molecule has 0 aliphatic carbocycles. The van der Waals surface area contributed by atoms with Crippen molar-refractivity contribution in [1.82, 2.24) is 9.97 Å². The first kappa shape index (κ1) is 23.7. The van der Waals surface area contributed by atoms with Crippen LogP contribution in [0.5, 0.6) is 0 Å². The Hall–Kier alpha value is -5.86. The van der Waals surface area contributed by atoms with E-state index in [9.17, 15) is 0 Å². The molecule has 44 heavy (non-hydrogen) atoms. The summed E-state index contributed by atoms with van der Waals surface area (Å²) in [4.78, 5) is 10.4. The minimum Gasteiger partial charge on any atom is -0.255 e. The molecule has 10 aromatic rings. The molecule has 0 saturated carbocycles. The molecule has 0 N–H and O–H groups in total. The van der Waals surface area contributed by atoms with E-state index >= 15 is 0 Å². The van der Waals surface area contributed by atoms with E-state index in [1.807, 2.05) is 12.3 Å². The molecule has 0 amide bonds. The van der Waals surface area contributed by atoms with E-state index in [-0.39, 0.29) is 0 Å². The molecule has 0 aliphatic heterocycles. The van der Waals surface area contributed by atoms with E-state index in [4.69, 9.17) is 9.97 Å². The van der Waals surface area contributed by atoms with Crippen LogP contribution in [0.4, 0.5) is 0 Å². The topological polar surface area (TPSA) is 25.8 Å². The average Bonchev–Trinajstić information content (AvgIpc) is 3.10. The number of hydrogen-bond acceptors (Lipinski definition) is 2. The highest BCUT2D eigenvalue weighted by Gasteiger charge is 2.18. The molecule has 0 unspecified atom stereocenters. The minimum atomic E-state index is 0.959. The molecule has 2 aromatic heterocycles. The summed E-state index contributed by atoms with van der Waals surface area (Å²) in [6, 6.07) is 50.5. The summed E-state index contributed by atoms with van der Waals surface area (Å²) in [5, 5.41) is 14.8. The molecule has 0 aliphatic rings. The maximum atomic E-state index is 5.46. The summed E-state index contributed by atoms with van der Waals surface area (Å²) in [6.07, 6.45) is 1.90. The summed E-state index contributed by atoms with van der Waals surface area (Å²) in [6.45, 7) is 0. The van der Waals surface area contributed by atoms with Crippen molar-refractivity contribution in [3.63, 3.8) is 0 Å². The van der Waals surface area contributed by atoms with Crippen LogP contribution >= 0.6 is 0 Å². The number of rotatable bonds is 2. The Morgan fingerprint density at radius 1 is 0.341 bits per heavy atom. The molecule has 0 spiro atoms. The van der Waals surface area contributed by atoms with E-state index < -0.39 is 0 Å². The zero-order valence-corrected chi connectivity index (χ0v) is 23.8. The highest BCUT2D eigenvalue weighted by Crippen LogP contribution is 2.41. The second kappa shape index (κ2) is 8.82. The SMILES string of the molecule is c1cc(-c2cc3ccc4cccc5ccc(c2)c3c45)cc(-c2nc3c4ccccc4c4ccccc4c3c3ncccc23)c1. The highest BCUT2D eigenvalue weighted by atomic mass is 14.7. The Kier molecular flexibility index (Phi) is 4.75. The second-order valence-corrected chi connectivity index (χ2v) is 11.8. The normalized spacial score (nSPS) is 12.1. The quantitative estimate of drug-likeness (QED) is 0.198. The van der Waals surface area contributed by atoms with Gasteiger partial charge in [-0.05, 0) is 89.9 Å². The lowest BCUT2D eigenvalue weighted by Gasteiger charge is -2.15. The van der Waals surface area contributed by atoms with Crippen molar-refractivity contribution in [3.05, 3.63) is 146 Å². The van der Waals surface area contributed by atoms with Gasteiger partial charge in [-0.25, -0.2) is 4.98 Å². The third-order valence-electron chi connectivity index (χ3n) is 9.36. The summed E-state index contributed by atoms with van der Waals surface area (Å²) >= 11 is 0. The van der Waals surface area contributed by atoms with Crippen molar-refractivity contribution in [1.29, 1.82) is 0 Å². The van der Waals surface area contributed by atoms with Gasteiger partial charge in [-0.2, -0.15) is 0 Å². The zero-order chi connectivity index (χ0) is 28.8. The van der Waals surface area contributed by atoms with Gasteiger partial charge >= 0.3 is 0 Å². The molecular formula is C42H24N2. The van der Waals surface area contributed by atoms with Crippen LogP contribution in [-0.2, 0) is 0 Å². The molecule has 8 aromatic carbocycles. The van der Waals surface area contributed by atoms with Gasteiger partial charge in [0.05, 0.1) is 16.7 Å². The predicted molar refractivity (Wildman–Crippen MR) is 187 cm³/mol. The lowest BCUT2D eigenvalue weighted by molar-refractivity contribution is 1.39. The van der Waals surface area contributed by atoms with Crippen molar-refractivity contribution in [2.75, 3.05) is 0 Å². The van der Waals surface area contributed by atoms with Crippen LogP contribution < -0.4 is 0 Å². The fourth-order valence-electron chi connectivity index (χ4n) is 7.43. The van der Waals surface area contributed by atoms with Gasteiger partial charge in [0, 0.05) is 27.9 Å². The molecule has 2 heterocycles. The van der Waals surface area contributed by atoms with Gasteiger partial charge in [-0.15, -0.1) is 0 Å². The monoisotopic (exact) mass is 556 g/mol. The number of nitrogens with zero attached hydrogens (tertiary/aromatic N) is 2. The van der Waals surface area contributed by atoms with E-state index in [1.54, 1.807) is 0 Å². The highest BCUT2D eigenvalue weighted by molar-refractivity contribution is 6.30. The molecule has 2 nitrogen and oxygen atoms in total. The van der Waals surface area contributed by atoms with Crippen LogP contribution in [0.3, 0.4) is 0 Å². The third-order valence-corrected chi connectivity index (χ3v) is 9.36. The zero-order valence-electron chi connectivity index (χ0n) is 23.8. The van der Waals surface area contributed by atoms with E-state index in [0.29, 0.717) is 0 Å². The van der Waals surface area contributed by atoms with Crippen LogP contribution in [0.2, 0.25) is 0 Å². The minimum absolute atomic E-state index is 0.959. The number of hydrogen-bond donors (Lipinski definition) is 0. The van der Waals surface area contributed by atoms with Crippen molar-refractivity contribution in [2.45, 2.75) is 0 Å². The third kappa shape index (κ3) is 3.25. The van der Waals surface area contributed by atoms with Crippen LogP contribution in [0.25, 0.3) is 98.1 Å². The molecule has 0 bridgehead atoms. The first-order valence-electron chi connectivity index (χ1n) is 15.1. The molecule has 0 radical (unpaired) electrons. The van der Waals surface area contributed by atoms with Crippen LogP contribution in [0.15, 0.2) is 146 Å². The van der Waals surface area contributed by atoms with Gasteiger partial charge in [0.15, 0.2) is 0 Å². The summed E-state index contributed by atoms with van der Waals surface area (Å²) < 4.78 is 0. The Morgan fingerprint density at radius 3 is 1.70 bits per heavy atom. The molecule has 10 rings (SSSR count). The van der Waals surface area contributed by atoms with Crippen LogP contribution in [-0.4, -0.2) is 9.97 Å². The molecule has 202 valence electrons. The molecule has 2 heteroatoms. The maximum absolute atomic E-state index is 5.46. The Bertz CT molecular complexity index is 2710. The van der Waals surface area contributed by atoms with Gasteiger partial charge in [-0.3, -0.25) is 4.98 Å². The molecule has 0 atom stereocenters. The first-order chi connectivity index (χ1) is 21.8. The second-order valence-electron chi connectivity index (χ2n) is 11.8. The van der Waals surface area contributed by atoms with Gasteiger partial charge in [0.25, 0.3) is 0 Å². The number of pyridine rings is 2. The van der Waals surface area contributed by atoms with E-state index in [2.05, 4.69) is 133 Å². The maximum Gasteiger partial charge on any atom is 0.0824 e. The number of fused-ring (bicyclic) bond motifs is 8. The smallest absolute Gasteiger partial charge is 0.0824 e. The van der Waals surface area contributed by atoms with E-state index in [1.165, 1.54) is 59.6 Å². The van der Waals surface area contributed by atoms with Crippen molar-refractivity contribution in [3.8, 4) is 22.4 Å². The molecule has 0 saturated heterocycles. The number of benzene rings is 8. The lowest BCUT2D eigenvalue weighted by atomic mass is 9.90.